The Morgan fingerprint density at radius 1 is 1.05 bits per heavy atom. The third-order valence-electron chi connectivity index (χ3n) is 2.45. The van der Waals surface area contributed by atoms with Gasteiger partial charge in [0.25, 0.3) is 10.0 Å². The Morgan fingerprint density at radius 3 is 2.30 bits per heavy atom. The van der Waals surface area contributed by atoms with Crippen LogP contribution >= 0.6 is 0 Å². The van der Waals surface area contributed by atoms with Crippen LogP contribution in [-0.2, 0) is 10.0 Å². The molecule has 1 N–H and O–H groups in total. The minimum absolute atomic E-state index is 0.146. The van der Waals surface area contributed by atoms with E-state index in [-0.39, 0.29) is 5.69 Å². The molecule has 102 valence electrons. The highest BCUT2D eigenvalue weighted by Gasteiger charge is 2.20. The van der Waals surface area contributed by atoms with Gasteiger partial charge in [0.2, 0.25) is 0 Å². The van der Waals surface area contributed by atoms with Gasteiger partial charge in [0.05, 0.1) is 11.6 Å². The second-order valence-electron chi connectivity index (χ2n) is 3.87. The van der Waals surface area contributed by atoms with Crippen LogP contribution in [0.1, 0.15) is 5.56 Å². The van der Waals surface area contributed by atoms with Gasteiger partial charge >= 0.3 is 0 Å². The molecule has 0 radical (unpaired) electrons. The highest BCUT2D eigenvalue weighted by atomic mass is 32.2. The lowest BCUT2D eigenvalue weighted by Gasteiger charge is -2.09. The standard InChI is InChI=1S/C13H8F2N2O2S/c14-10-3-6-12(15)13(7-10)20(18,19)17-11-4-1-9(8-16)2-5-11/h1-7,17H. The van der Waals surface area contributed by atoms with Crippen LogP contribution in [0.5, 0.6) is 0 Å². The summed E-state index contributed by atoms with van der Waals surface area (Å²) in [7, 11) is -4.23. The Kier molecular flexibility index (Phi) is 3.68. The number of halogens is 2. The minimum atomic E-state index is -4.23. The van der Waals surface area contributed by atoms with Gasteiger partial charge in [-0.25, -0.2) is 17.2 Å². The number of hydrogen-bond acceptors (Lipinski definition) is 3. The van der Waals surface area contributed by atoms with Crippen molar-refractivity contribution < 1.29 is 17.2 Å². The maximum atomic E-state index is 13.5. The first-order chi connectivity index (χ1) is 9.42. The first-order valence-corrected chi connectivity index (χ1v) is 6.89. The highest BCUT2D eigenvalue weighted by molar-refractivity contribution is 7.92. The first kappa shape index (κ1) is 14.0. The van der Waals surface area contributed by atoms with E-state index in [0.717, 1.165) is 12.1 Å². The molecular weight excluding hydrogens is 286 g/mol. The van der Waals surface area contributed by atoms with Crippen LogP contribution < -0.4 is 4.72 Å². The molecule has 2 aromatic carbocycles. The van der Waals surface area contributed by atoms with Crippen LogP contribution in [0, 0.1) is 23.0 Å². The molecule has 0 atom stereocenters. The van der Waals surface area contributed by atoms with Gasteiger partial charge in [0.15, 0.2) is 0 Å². The van der Waals surface area contributed by atoms with Gasteiger partial charge in [-0.15, -0.1) is 0 Å². The summed E-state index contributed by atoms with van der Waals surface area (Å²) in [6.45, 7) is 0. The van der Waals surface area contributed by atoms with E-state index in [0.29, 0.717) is 11.6 Å². The molecule has 20 heavy (non-hydrogen) atoms. The van der Waals surface area contributed by atoms with Crippen molar-refractivity contribution in [2.24, 2.45) is 0 Å². The minimum Gasteiger partial charge on any atom is -0.280 e. The summed E-state index contributed by atoms with van der Waals surface area (Å²) in [6.07, 6.45) is 0. The Bertz CT molecular complexity index is 781. The van der Waals surface area contributed by atoms with Crippen LogP contribution in [0.25, 0.3) is 0 Å². The Balaban J connectivity index is 2.35. The fourth-order valence-electron chi connectivity index (χ4n) is 1.51. The van der Waals surface area contributed by atoms with Gasteiger partial charge in [0.1, 0.15) is 16.5 Å². The number of anilines is 1. The fraction of sp³-hybridized carbons (Fsp3) is 0. The van der Waals surface area contributed by atoms with Crippen molar-refractivity contribution in [3.63, 3.8) is 0 Å². The van der Waals surface area contributed by atoms with Crippen molar-refractivity contribution in [2.75, 3.05) is 4.72 Å². The van der Waals surface area contributed by atoms with Crippen LogP contribution in [0.3, 0.4) is 0 Å². The van der Waals surface area contributed by atoms with E-state index in [1.807, 2.05) is 6.07 Å². The third kappa shape index (κ3) is 2.92. The van der Waals surface area contributed by atoms with E-state index < -0.39 is 26.6 Å². The smallest absolute Gasteiger partial charge is 0.264 e. The van der Waals surface area contributed by atoms with Crippen LogP contribution in [0.4, 0.5) is 14.5 Å². The molecule has 0 bridgehead atoms. The van der Waals surface area contributed by atoms with E-state index in [4.69, 9.17) is 5.26 Å². The lowest BCUT2D eigenvalue weighted by Crippen LogP contribution is -2.14. The summed E-state index contributed by atoms with van der Waals surface area (Å²) in [5.74, 6) is -1.90. The SMILES string of the molecule is N#Cc1ccc(NS(=O)(=O)c2cc(F)ccc2F)cc1. The van der Waals surface area contributed by atoms with E-state index in [9.17, 15) is 17.2 Å². The number of nitrogens with zero attached hydrogens (tertiary/aromatic N) is 1. The van der Waals surface area contributed by atoms with Crippen molar-refractivity contribution >= 4 is 15.7 Å². The zero-order valence-electron chi connectivity index (χ0n) is 9.97. The molecule has 0 unspecified atom stereocenters. The highest BCUT2D eigenvalue weighted by Crippen LogP contribution is 2.20. The molecule has 0 spiro atoms. The fourth-order valence-corrected chi connectivity index (χ4v) is 2.65. The summed E-state index contributed by atoms with van der Waals surface area (Å²) < 4.78 is 52.5. The molecule has 0 aliphatic rings. The van der Waals surface area contributed by atoms with Gasteiger partial charge < -0.3 is 0 Å². The van der Waals surface area contributed by atoms with Gasteiger partial charge in [-0.1, -0.05) is 0 Å². The summed E-state index contributed by atoms with van der Waals surface area (Å²) in [4.78, 5) is -0.776. The molecule has 4 nitrogen and oxygen atoms in total. The van der Waals surface area contributed by atoms with Gasteiger partial charge in [0, 0.05) is 5.69 Å². The van der Waals surface area contributed by atoms with E-state index in [1.165, 1.54) is 24.3 Å². The molecule has 0 amide bonds. The molecule has 0 aliphatic carbocycles. The van der Waals surface area contributed by atoms with E-state index >= 15 is 0 Å². The second kappa shape index (κ2) is 5.27. The maximum Gasteiger partial charge on any atom is 0.264 e. The molecule has 0 aliphatic heterocycles. The molecule has 0 fully saturated rings. The molecule has 7 heteroatoms. The lowest BCUT2D eigenvalue weighted by atomic mass is 10.2. The van der Waals surface area contributed by atoms with Crippen molar-refractivity contribution in [1.29, 1.82) is 5.26 Å². The number of nitrogens with one attached hydrogen (secondary N) is 1. The normalized spacial score (nSPS) is 10.8. The van der Waals surface area contributed by atoms with Crippen molar-refractivity contribution in [2.45, 2.75) is 4.90 Å². The van der Waals surface area contributed by atoms with Gasteiger partial charge in [-0.3, -0.25) is 4.72 Å². The molecule has 0 saturated heterocycles. The van der Waals surface area contributed by atoms with Crippen molar-refractivity contribution in [1.82, 2.24) is 0 Å². The van der Waals surface area contributed by atoms with Crippen molar-refractivity contribution in [3.05, 3.63) is 59.7 Å². The van der Waals surface area contributed by atoms with Crippen molar-refractivity contribution in [3.8, 4) is 6.07 Å². The molecule has 2 rings (SSSR count). The zero-order valence-corrected chi connectivity index (χ0v) is 10.8. The number of nitriles is 1. The van der Waals surface area contributed by atoms with Gasteiger partial charge in [-0.2, -0.15) is 5.26 Å². The molecule has 0 aromatic heterocycles. The Hall–Kier alpha value is -2.46. The molecular formula is C13H8F2N2O2S. The second-order valence-corrected chi connectivity index (χ2v) is 5.52. The quantitative estimate of drug-likeness (QED) is 0.946. The number of rotatable bonds is 3. The van der Waals surface area contributed by atoms with Crippen LogP contribution in [0.2, 0.25) is 0 Å². The molecule has 2 aromatic rings. The molecule has 0 saturated carbocycles. The lowest BCUT2D eigenvalue weighted by molar-refractivity contribution is 0.555. The Labute approximate surface area is 114 Å². The largest absolute Gasteiger partial charge is 0.280 e. The van der Waals surface area contributed by atoms with Crippen LogP contribution in [0.15, 0.2) is 47.4 Å². The summed E-state index contributed by atoms with van der Waals surface area (Å²) >= 11 is 0. The number of sulfonamides is 1. The predicted molar refractivity (Wildman–Crippen MR) is 68.3 cm³/mol. The summed E-state index contributed by atoms with van der Waals surface area (Å²) in [5.41, 5.74) is 0.498. The first-order valence-electron chi connectivity index (χ1n) is 5.40. The van der Waals surface area contributed by atoms with Gasteiger partial charge in [-0.05, 0) is 42.5 Å². The predicted octanol–water partition coefficient (Wildman–Crippen LogP) is 2.64. The monoisotopic (exact) mass is 294 g/mol. The summed E-state index contributed by atoms with van der Waals surface area (Å²) in [5, 5.41) is 8.63. The summed E-state index contributed by atoms with van der Waals surface area (Å²) in [6, 6.07) is 9.56. The number of benzene rings is 2. The van der Waals surface area contributed by atoms with E-state index in [2.05, 4.69) is 4.72 Å². The topological polar surface area (TPSA) is 70.0 Å². The maximum absolute atomic E-state index is 13.5. The number of hydrogen-bond donors (Lipinski definition) is 1. The van der Waals surface area contributed by atoms with Crippen LogP contribution in [-0.4, -0.2) is 8.42 Å². The average molecular weight is 294 g/mol. The third-order valence-corrected chi connectivity index (χ3v) is 3.85. The zero-order chi connectivity index (χ0) is 14.8. The Morgan fingerprint density at radius 2 is 1.70 bits per heavy atom. The van der Waals surface area contributed by atoms with E-state index in [1.54, 1.807) is 0 Å². The molecule has 0 heterocycles. The average Bonchev–Trinajstić information content (AvgIpc) is 2.42.